The van der Waals surface area contributed by atoms with Crippen molar-refractivity contribution in [2.45, 2.75) is 62.5 Å². The van der Waals surface area contributed by atoms with Crippen molar-refractivity contribution in [3.05, 3.63) is 54.1 Å². The summed E-state index contributed by atoms with van der Waals surface area (Å²) in [7, 11) is -3.75. The van der Waals surface area contributed by atoms with Gasteiger partial charge in [0.2, 0.25) is 15.9 Å². The van der Waals surface area contributed by atoms with Crippen LogP contribution in [0.25, 0.3) is 0 Å². The number of nitrogens with one attached hydrogen (secondary N) is 1. The van der Waals surface area contributed by atoms with Gasteiger partial charge in [-0.15, -0.1) is 0 Å². The van der Waals surface area contributed by atoms with Crippen LogP contribution in [0.2, 0.25) is 0 Å². The number of piperidine rings is 1. The molecule has 0 radical (unpaired) electrons. The van der Waals surface area contributed by atoms with E-state index in [0.717, 1.165) is 18.4 Å². The molecule has 2 aromatic carbocycles. The number of nitrogens with zero attached hydrogens (tertiary/aromatic N) is 1. The van der Waals surface area contributed by atoms with Gasteiger partial charge in [0.15, 0.2) is 0 Å². The molecular formula is C25H32N2O5S. The summed E-state index contributed by atoms with van der Waals surface area (Å²) in [5.41, 5.74) is 0.961. The summed E-state index contributed by atoms with van der Waals surface area (Å²) >= 11 is 0. The highest BCUT2D eigenvalue weighted by Crippen LogP contribution is 2.29. The lowest BCUT2D eigenvalue weighted by Crippen LogP contribution is -2.48. The van der Waals surface area contributed by atoms with Crippen molar-refractivity contribution >= 4 is 15.9 Å². The Bertz CT molecular complexity index is 1080. The zero-order chi connectivity index (χ0) is 23.4. The first-order valence-electron chi connectivity index (χ1n) is 11.6. The molecule has 1 amide bonds. The highest BCUT2D eigenvalue weighted by atomic mass is 32.2. The summed E-state index contributed by atoms with van der Waals surface area (Å²) < 4.78 is 34.1. The van der Waals surface area contributed by atoms with Crippen molar-refractivity contribution < 1.29 is 23.1 Å². The Hall–Kier alpha value is -2.42. The number of ether oxygens (including phenoxy) is 1. The number of amides is 1. The predicted molar refractivity (Wildman–Crippen MR) is 126 cm³/mol. The van der Waals surface area contributed by atoms with Gasteiger partial charge in [-0.05, 0) is 69.2 Å². The molecule has 0 spiro atoms. The number of hydrogen-bond acceptors (Lipinski definition) is 5. The normalized spacial score (nSPS) is 24.2. The van der Waals surface area contributed by atoms with Crippen LogP contribution in [0.5, 0.6) is 11.5 Å². The van der Waals surface area contributed by atoms with Gasteiger partial charge < -0.3 is 15.2 Å². The smallest absolute Gasteiger partial charge is 0.243 e. The fraction of sp³-hybridized carbons (Fsp3) is 0.480. The maximum atomic E-state index is 13.4. The minimum atomic E-state index is -3.75. The van der Waals surface area contributed by atoms with E-state index >= 15 is 0 Å². The topological polar surface area (TPSA) is 95.9 Å². The SMILES string of the molecule is Cc1ccccc1Oc1cccc(S(=O)(=O)N2CCCC(C(=O)NC3CCC(O)CC3)C2)c1. The molecule has 1 aliphatic carbocycles. The molecule has 7 nitrogen and oxygen atoms in total. The Morgan fingerprint density at radius 1 is 1.06 bits per heavy atom. The number of aliphatic hydroxyl groups excluding tert-OH is 1. The molecule has 33 heavy (non-hydrogen) atoms. The maximum absolute atomic E-state index is 13.4. The third-order valence-corrected chi connectivity index (χ3v) is 8.42. The summed E-state index contributed by atoms with van der Waals surface area (Å²) in [5.74, 6) is 0.674. The van der Waals surface area contributed by atoms with Crippen LogP contribution in [-0.4, -0.2) is 49.0 Å². The van der Waals surface area contributed by atoms with Gasteiger partial charge in [-0.2, -0.15) is 4.31 Å². The highest BCUT2D eigenvalue weighted by Gasteiger charge is 2.34. The Balaban J connectivity index is 1.43. The van der Waals surface area contributed by atoms with Crippen LogP contribution in [0.15, 0.2) is 53.4 Å². The molecule has 0 aromatic heterocycles. The van der Waals surface area contributed by atoms with E-state index in [9.17, 15) is 18.3 Å². The fourth-order valence-corrected chi connectivity index (χ4v) is 6.12. The Kier molecular flexibility index (Phi) is 7.36. The van der Waals surface area contributed by atoms with E-state index in [0.29, 0.717) is 43.7 Å². The molecule has 4 rings (SSSR count). The van der Waals surface area contributed by atoms with Crippen LogP contribution in [0, 0.1) is 12.8 Å². The van der Waals surface area contributed by atoms with E-state index < -0.39 is 10.0 Å². The predicted octanol–water partition coefficient (Wildman–Crippen LogP) is 3.61. The lowest BCUT2D eigenvalue weighted by atomic mass is 9.92. The van der Waals surface area contributed by atoms with Gasteiger partial charge in [0.05, 0.1) is 16.9 Å². The summed E-state index contributed by atoms with van der Waals surface area (Å²) in [6.07, 6.45) is 3.93. The molecule has 2 fully saturated rings. The molecule has 178 valence electrons. The van der Waals surface area contributed by atoms with E-state index in [1.54, 1.807) is 24.3 Å². The Labute approximate surface area is 195 Å². The molecule has 1 saturated heterocycles. The third kappa shape index (κ3) is 5.75. The molecule has 0 bridgehead atoms. The number of sulfonamides is 1. The van der Waals surface area contributed by atoms with Crippen LogP contribution < -0.4 is 10.1 Å². The highest BCUT2D eigenvalue weighted by molar-refractivity contribution is 7.89. The van der Waals surface area contributed by atoms with E-state index in [2.05, 4.69) is 5.32 Å². The summed E-state index contributed by atoms with van der Waals surface area (Å²) in [4.78, 5) is 13.0. The maximum Gasteiger partial charge on any atom is 0.243 e. The second-order valence-electron chi connectivity index (χ2n) is 9.06. The Morgan fingerprint density at radius 3 is 2.58 bits per heavy atom. The summed E-state index contributed by atoms with van der Waals surface area (Å²) in [6, 6.07) is 14.1. The van der Waals surface area contributed by atoms with Crippen molar-refractivity contribution in [3.63, 3.8) is 0 Å². The van der Waals surface area contributed by atoms with Crippen LogP contribution >= 0.6 is 0 Å². The first kappa shape index (κ1) is 23.7. The minimum absolute atomic E-state index is 0.0585. The van der Waals surface area contributed by atoms with Crippen molar-refractivity contribution in [1.29, 1.82) is 0 Å². The lowest BCUT2D eigenvalue weighted by Gasteiger charge is -2.33. The second-order valence-corrected chi connectivity index (χ2v) is 11.0. The Morgan fingerprint density at radius 2 is 1.82 bits per heavy atom. The zero-order valence-corrected chi connectivity index (χ0v) is 19.8. The third-order valence-electron chi connectivity index (χ3n) is 6.56. The lowest BCUT2D eigenvalue weighted by molar-refractivity contribution is -0.127. The molecule has 2 aliphatic rings. The van der Waals surface area contributed by atoms with Gasteiger partial charge in [-0.25, -0.2) is 8.42 Å². The number of rotatable bonds is 6. The van der Waals surface area contributed by atoms with E-state index in [-0.39, 0.29) is 35.4 Å². The molecule has 1 aliphatic heterocycles. The van der Waals surface area contributed by atoms with Gasteiger partial charge in [0.25, 0.3) is 0 Å². The number of hydrogen-bond donors (Lipinski definition) is 2. The average Bonchev–Trinajstić information content (AvgIpc) is 2.82. The van der Waals surface area contributed by atoms with Crippen LogP contribution in [0.1, 0.15) is 44.1 Å². The second kappa shape index (κ2) is 10.2. The average molecular weight is 473 g/mol. The quantitative estimate of drug-likeness (QED) is 0.670. The van der Waals surface area contributed by atoms with Crippen molar-refractivity contribution in [1.82, 2.24) is 9.62 Å². The van der Waals surface area contributed by atoms with Gasteiger partial charge in [-0.1, -0.05) is 24.3 Å². The minimum Gasteiger partial charge on any atom is -0.457 e. The van der Waals surface area contributed by atoms with Crippen LogP contribution in [-0.2, 0) is 14.8 Å². The van der Waals surface area contributed by atoms with Crippen molar-refractivity contribution in [3.8, 4) is 11.5 Å². The standard InChI is InChI=1S/C25H32N2O5S/c1-18-6-2-3-10-24(18)32-22-8-4-9-23(16-22)33(30,31)27-15-5-7-19(17-27)25(29)26-20-11-13-21(28)14-12-20/h2-4,6,8-10,16,19-21,28H,5,7,11-15,17H2,1H3,(H,26,29). The summed E-state index contributed by atoms with van der Waals surface area (Å²) in [5, 5.41) is 12.7. The summed E-state index contributed by atoms with van der Waals surface area (Å²) in [6.45, 7) is 2.50. The first-order valence-corrected chi connectivity index (χ1v) is 13.1. The molecule has 1 saturated carbocycles. The fourth-order valence-electron chi connectivity index (χ4n) is 4.56. The van der Waals surface area contributed by atoms with E-state index in [1.165, 1.54) is 4.31 Å². The van der Waals surface area contributed by atoms with Crippen LogP contribution in [0.4, 0.5) is 0 Å². The molecule has 1 unspecified atom stereocenters. The van der Waals surface area contributed by atoms with Gasteiger partial charge >= 0.3 is 0 Å². The van der Waals surface area contributed by atoms with E-state index in [4.69, 9.17) is 4.74 Å². The zero-order valence-electron chi connectivity index (χ0n) is 18.9. The number of para-hydroxylation sites is 1. The number of carbonyl (C=O) groups excluding carboxylic acids is 1. The molecular weight excluding hydrogens is 440 g/mol. The van der Waals surface area contributed by atoms with Gasteiger partial charge in [-0.3, -0.25) is 4.79 Å². The van der Waals surface area contributed by atoms with E-state index in [1.807, 2.05) is 31.2 Å². The monoisotopic (exact) mass is 472 g/mol. The molecule has 2 aromatic rings. The number of benzene rings is 2. The number of aryl methyl sites for hydroxylation is 1. The molecule has 2 N–H and O–H groups in total. The molecule has 1 heterocycles. The first-order chi connectivity index (χ1) is 15.8. The van der Waals surface area contributed by atoms with Crippen LogP contribution in [0.3, 0.4) is 0 Å². The largest absolute Gasteiger partial charge is 0.457 e. The number of carbonyl (C=O) groups is 1. The van der Waals surface area contributed by atoms with Crippen molar-refractivity contribution in [2.75, 3.05) is 13.1 Å². The number of aliphatic hydroxyl groups is 1. The molecule has 8 heteroatoms. The van der Waals surface area contributed by atoms with Gasteiger partial charge in [0, 0.05) is 25.2 Å². The van der Waals surface area contributed by atoms with Crippen molar-refractivity contribution in [2.24, 2.45) is 5.92 Å². The molecule has 1 atom stereocenters. The van der Waals surface area contributed by atoms with Gasteiger partial charge in [0.1, 0.15) is 11.5 Å².